The zero-order chi connectivity index (χ0) is 17.0. The molecule has 0 aliphatic carbocycles. The highest BCUT2D eigenvalue weighted by molar-refractivity contribution is 14.1. The molecular weight excluding hydrogens is 479 g/mol. The van der Waals surface area contributed by atoms with Crippen molar-refractivity contribution in [2.45, 2.75) is 13.8 Å². The Morgan fingerprint density at radius 2 is 1.87 bits per heavy atom. The zero-order valence-electron chi connectivity index (χ0n) is 12.6. The standard InChI is InChI=1S/C17H15BrF2INO/c1-3-4-9-23-22(14-7-5-12(21)10-11(14)2)15-8-6-13(18)16(19)17(15)20/h3-8,10H,9H2,1-2H3. The Hall–Kier alpha value is -0.990. The van der Waals surface area contributed by atoms with Crippen LogP contribution < -0.4 is 5.06 Å². The van der Waals surface area contributed by atoms with E-state index in [0.717, 1.165) is 9.13 Å². The molecule has 0 aromatic heterocycles. The van der Waals surface area contributed by atoms with E-state index in [-0.39, 0.29) is 16.8 Å². The molecule has 2 rings (SSSR count). The van der Waals surface area contributed by atoms with Gasteiger partial charge in [0.05, 0.1) is 16.8 Å². The minimum Gasteiger partial charge on any atom is -0.264 e. The van der Waals surface area contributed by atoms with Crippen molar-refractivity contribution in [2.24, 2.45) is 0 Å². The highest BCUT2D eigenvalue weighted by Gasteiger charge is 2.21. The maximum atomic E-state index is 14.4. The number of hydrogen-bond acceptors (Lipinski definition) is 2. The lowest BCUT2D eigenvalue weighted by Gasteiger charge is -2.26. The molecule has 6 heteroatoms. The summed E-state index contributed by atoms with van der Waals surface area (Å²) in [6, 6.07) is 8.61. The van der Waals surface area contributed by atoms with Gasteiger partial charge in [0.15, 0.2) is 11.6 Å². The predicted octanol–water partition coefficient (Wildman–Crippen LogP) is 6.29. The second-order valence-corrected chi connectivity index (χ2v) is 6.88. The molecule has 0 radical (unpaired) electrons. The fourth-order valence-corrected chi connectivity index (χ4v) is 2.96. The number of aryl methyl sites for hydroxylation is 1. The number of benzene rings is 2. The number of anilines is 2. The van der Waals surface area contributed by atoms with Gasteiger partial charge in [0.2, 0.25) is 0 Å². The highest BCUT2D eigenvalue weighted by Crippen LogP contribution is 2.34. The Kier molecular flexibility index (Phi) is 6.55. The Morgan fingerprint density at radius 3 is 2.52 bits per heavy atom. The van der Waals surface area contributed by atoms with Gasteiger partial charge in [-0.25, -0.2) is 13.8 Å². The number of halogens is 4. The van der Waals surface area contributed by atoms with Crippen molar-refractivity contribution in [3.8, 4) is 0 Å². The molecule has 2 nitrogen and oxygen atoms in total. The van der Waals surface area contributed by atoms with Crippen LogP contribution in [0.3, 0.4) is 0 Å². The average molecular weight is 494 g/mol. The fourth-order valence-electron chi connectivity index (χ4n) is 2.00. The summed E-state index contributed by atoms with van der Waals surface area (Å²) in [5, 5.41) is 1.33. The minimum absolute atomic E-state index is 0.0273. The van der Waals surface area contributed by atoms with Crippen LogP contribution in [0.2, 0.25) is 0 Å². The molecule has 0 heterocycles. The van der Waals surface area contributed by atoms with Gasteiger partial charge in [0.25, 0.3) is 0 Å². The van der Waals surface area contributed by atoms with Gasteiger partial charge < -0.3 is 0 Å². The molecule has 0 fully saturated rings. The largest absolute Gasteiger partial charge is 0.264 e. The van der Waals surface area contributed by atoms with Crippen molar-refractivity contribution in [2.75, 3.05) is 11.7 Å². The van der Waals surface area contributed by atoms with Crippen LogP contribution in [0, 0.1) is 22.1 Å². The van der Waals surface area contributed by atoms with Gasteiger partial charge in [-0.05, 0) is 88.3 Å². The first-order chi connectivity index (χ1) is 11.0. The monoisotopic (exact) mass is 493 g/mol. The van der Waals surface area contributed by atoms with E-state index in [0.29, 0.717) is 5.69 Å². The summed E-state index contributed by atoms with van der Waals surface area (Å²) in [6.45, 7) is 4.01. The van der Waals surface area contributed by atoms with Crippen LogP contribution in [0.15, 0.2) is 47.0 Å². The third kappa shape index (κ3) is 4.30. The number of allylic oxidation sites excluding steroid dienone is 1. The molecule has 0 saturated heterocycles. The van der Waals surface area contributed by atoms with Crippen molar-refractivity contribution in [3.05, 3.63) is 67.7 Å². The topological polar surface area (TPSA) is 12.5 Å². The van der Waals surface area contributed by atoms with E-state index in [1.54, 1.807) is 6.08 Å². The van der Waals surface area contributed by atoms with E-state index >= 15 is 0 Å². The third-order valence-corrected chi connectivity index (χ3v) is 4.43. The smallest absolute Gasteiger partial charge is 0.186 e. The molecular formula is C17H15BrF2INO. The van der Waals surface area contributed by atoms with Crippen molar-refractivity contribution >= 4 is 49.9 Å². The molecule has 0 bridgehead atoms. The van der Waals surface area contributed by atoms with Crippen LogP contribution >= 0.6 is 38.5 Å². The highest BCUT2D eigenvalue weighted by atomic mass is 127. The maximum Gasteiger partial charge on any atom is 0.186 e. The van der Waals surface area contributed by atoms with Gasteiger partial charge in [0, 0.05) is 3.57 Å². The lowest BCUT2D eigenvalue weighted by molar-refractivity contribution is 0.161. The van der Waals surface area contributed by atoms with Crippen LogP contribution in [0.1, 0.15) is 12.5 Å². The van der Waals surface area contributed by atoms with E-state index in [4.69, 9.17) is 4.84 Å². The zero-order valence-corrected chi connectivity index (χ0v) is 16.4. The number of rotatable bonds is 5. The quantitative estimate of drug-likeness (QED) is 0.210. The predicted molar refractivity (Wildman–Crippen MR) is 101 cm³/mol. The average Bonchev–Trinajstić information content (AvgIpc) is 2.51. The first-order valence-corrected chi connectivity index (χ1v) is 8.76. The van der Waals surface area contributed by atoms with Gasteiger partial charge in [0.1, 0.15) is 5.69 Å². The molecule has 0 atom stereocenters. The molecule has 2 aromatic carbocycles. The second kappa shape index (κ2) is 8.21. The Morgan fingerprint density at radius 1 is 1.17 bits per heavy atom. The summed E-state index contributed by atoms with van der Waals surface area (Å²) in [6.07, 6.45) is 3.62. The van der Waals surface area contributed by atoms with Crippen LogP contribution in [-0.4, -0.2) is 6.61 Å². The molecule has 0 amide bonds. The molecule has 0 aliphatic heterocycles. The summed E-state index contributed by atoms with van der Waals surface area (Å²) in [4.78, 5) is 5.67. The minimum atomic E-state index is -0.960. The Balaban J connectivity index is 2.52. The van der Waals surface area contributed by atoms with Gasteiger partial charge in [-0.1, -0.05) is 12.2 Å². The molecule has 2 aromatic rings. The summed E-state index contributed by atoms with van der Waals surface area (Å²) in [5.74, 6) is -1.90. The van der Waals surface area contributed by atoms with E-state index in [9.17, 15) is 8.78 Å². The van der Waals surface area contributed by atoms with E-state index in [1.807, 2.05) is 38.1 Å². The molecule has 0 saturated carbocycles. The second-order valence-electron chi connectivity index (χ2n) is 4.78. The van der Waals surface area contributed by atoms with Gasteiger partial charge in [-0.15, -0.1) is 0 Å². The van der Waals surface area contributed by atoms with Crippen molar-refractivity contribution in [1.29, 1.82) is 0 Å². The number of nitrogens with zero attached hydrogens (tertiary/aromatic N) is 1. The van der Waals surface area contributed by atoms with E-state index in [2.05, 4.69) is 38.5 Å². The summed E-state index contributed by atoms with van der Waals surface area (Å²) in [7, 11) is 0. The SMILES string of the molecule is CC=CCON(c1ccc(I)cc1C)c1ccc(Br)c(F)c1F. The fraction of sp³-hybridized carbons (Fsp3) is 0.176. The normalized spacial score (nSPS) is 11.2. The maximum absolute atomic E-state index is 14.4. The summed E-state index contributed by atoms with van der Waals surface area (Å²) in [5.41, 5.74) is 1.59. The van der Waals surface area contributed by atoms with Crippen LogP contribution in [0.25, 0.3) is 0 Å². The van der Waals surface area contributed by atoms with Crippen molar-refractivity contribution in [3.63, 3.8) is 0 Å². The summed E-state index contributed by atoms with van der Waals surface area (Å²) < 4.78 is 29.4. The molecule has 0 aliphatic rings. The van der Waals surface area contributed by atoms with Crippen molar-refractivity contribution in [1.82, 2.24) is 0 Å². The van der Waals surface area contributed by atoms with Gasteiger partial charge in [-0.3, -0.25) is 4.84 Å². The van der Waals surface area contributed by atoms with Crippen molar-refractivity contribution < 1.29 is 13.6 Å². The first-order valence-electron chi connectivity index (χ1n) is 6.89. The Labute approximate surface area is 156 Å². The van der Waals surface area contributed by atoms with Crippen LogP contribution in [0.4, 0.5) is 20.2 Å². The lowest BCUT2D eigenvalue weighted by atomic mass is 10.2. The van der Waals surface area contributed by atoms with E-state index < -0.39 is 11.6 Å². The third-order valence-electron chi connectivity index (χ3n) is 3.15. The molecule has 23 heavy (non-hydrogen) atoms. The summed E-state index contributed by atoms with van der Waals surface area (Å²) >= 11 is 5.19. The van der Waals surface area contributed by atoms with Crippen LogP contribution in [0.5, 0.6) is 0 Å². The van der Waals surface area contributed by atoms with Gasteiger partial charge >= 0.3 is 0 Å². The first kappa shape index (κ1) is 18.4. The van der Waals surface area contributed by atoms with E-state index in [1.165, 1.54) is 17.2 Å². The van der Waals surface area contributed by atoms with Gasteiger partial charge in [-0.2, -0.15) is 0 Å². The van der Waals surface area contributed by atoms with Crippen LogP contribution in [-0.2, 0) is 4.84 Å². The molecule has 122 valence electrons. The lowest BCUT2D eigenvalue weighted by Crippen LogP contribution is -2.20. The molecule has 0 N–H and O–H groups in total. The molecule has 0 unspecified atom stereocenters. The number of hydrogen-bond donors (Lipinski definition) is 0. The molecule has 0 spiro atoms. The Bertz CT molecular complexity index is 737.